The first-order chi connectivity index (χ1) is 12.2. The zero-order valence-electron chi connectivity index (χ0n) is 13.4. The van der Waals surface area contributed by atoms with Crippen LogP contribution >= 0.6 is 11.6 Å². The molecule has 4 rings (SSSR count). The molecule has 0 radical (unpaired) electrons. The molecule has 0 spiro atoms. The van der Waals surface area contributed by atoms with Crippen LogP contribution in [0.1, 0.15) is 22.6 Å². The lowest BCUT2D eigenvalue weighted by Gasteiger charge is -2.15. The monoisotopic (exact) mass is 354 g/mol. The van der Waals surface area contributed by atoms with Crippen molar-refractivity contribution in [1.82, 2.24) is 9.55 Å². The van der Waals surface area contributed by atoms with Crippen LogP contribution in [-0.4, -0.2) is 21.8 Å². The Bertz CT molecular complexity index is 977. The van der Waals surface area contributed by atoms with Crippen LogP contribution in [-0.2, 0) is 13.0 Å². The standard InChI is InChI=1S/C19H16ClFN4/c20-16-4-2-1-3-14(16)19-15-9-12(21)5-6-17(15)25-13(7-8-22)10-23-18(25)11-24-19/h1-6,9-10H,7-8,11,22H2. The molecule has 25 heavy (non-hydrogen) atoms. The maximum absolute atomic E-state index is 14.0. The highest BCUT2D eigenvalue weighted by Crippen LogP contribution is 2.29. The quantitative estimate of drug-likeness (QED) is 0.782. The third-order valence-corrected chi connectivity index (χ3v) is 4.60. The molecule has 0 bridgehead atoms. The number of halogens is 2. The molecular weight excluding hydrogens is 339 g/mol. The highest BCUT2D eigenvalue weighted by molar-refractivity contribution is 6.35. The number of fused-ring (bicyclic) bond motifs is 3. The Morgan fingerprint density at radius 2 is 2.00 bits per heavy atom. The average molecular weight is 355 g/mol. The number of hydrogen-bond acceptors (Lipinski definition) is 3. The van der Waals surface area contributed by atoms with Crippen LogP contribution in [0.5, 0.6) is 0 Å². The Balaban J connectivity index is 1.98. The van der Waals surface area contributed by atoms with Crippen LogP contribution in [0.4, 0.5) is 4.39 Å². The van der Waals surface area contributed by atoms with E-state index in [0.29, 0.717) is 35.8 Å². The first kappa shape index (κ1) is 16.0. The molecule has 0 unspecified atom stereocenters. The highest BCUT2D eigenvalue weighted by atomic mass is 35.5. The number of aliphatic imine (C=N–C) groups is 1. The van der Waals surface area contributed by atoms with Crippen molar-refractivity contribution >= 4 is 17.3 Å². The van der Waals surface area contributed by atoms with E-state index in [1.165, 1.54) is 12.1 Å². The van der Waals surface area contributed by atoms with Crippen molar-refractivity contribution in [2.45, 2.75) is 13.0 Å². The lowest BCUT2D eigenvalue weighted by Crippen LogP contribution is -2.12. The Morgan fingerprint density at radius 1 is 1.16 bits per heavy atom. The first-order valence-electron chi connectivity index (χ1n) is 8.04. The fraction of sp³-hybridized carbons (Fsp3) is 0.158. The molecule has 2 aromatic carbocycles. The molecular formula is C19H16ClFN4. The van der Waals surface area contributed by atoms with Crippen molar-refractivity contribution < 1.29 is 4.39 Å². The minimum Gasteiger partial charge on any atom is -0.330 e. The summed E-state index contributed by atoms with van der Waals surface area (Å²) in [5.74, 6) is 0.487. The third-order valence-electron chi connectivity index (χ3n) is 4.27. The molecule has 0 saturated heterocycles. The molecule has 1 aliphatic heterocycles. The number of aromatic nitrogens is 2. The van der Waals surface area contributed by atoms with Gasteiger partial charge >= 0.3 is 0 Å². The van der Waals surface area contributed by atoms with E-state index in [1.54, 1.807) is 6.07 Å². The minimum absolute atomic E-state index is 0.317. The maximum Gasteiger partial charge on any atom is 0.135 e. The molecule has 0 fully saturated rings. The summed E-state index contributed by atoms with van der Waals surface area (Å²) in [5.41, 5.74) is 9.70. The molecule has 0 amide bonds. The van der Waals surface area contributed by atoms with E-state index in [9.17, 15) is 4.39 Å². The summed E-state index contributed by atoms with van der Waals surface area (Å²) in [5, 5.41) is 0.582. The lowest BCUT2D eigenvalue weighted by atomic mass is 10.00. The predicted molar refractivity (Wildman–Crippen MR) is 97.1 cm³/mol. The molecule has 2 N–H and O–H groups in total. The second-order valence-corrected chi connectivity index (χ2v) is 6.25. The SMILES string of the molecule is NCCc1cnc2n1-c1ccc(F)cc1C(c1ccccc1Cl)=NC2. The molecule has 1 aliphatic rings. The van der Waals surface area contributed by atoms with Crippen molar-refractivity contribution in [1.29, 1.82) is 0 Å². The number of nitrogens with zero attached hydrogens (tertiary/aromatic N) is 3. The second-order valence-electron chi connectivity index (χ2n) is 5.85. The zero-order chi connectivity index (χ0) is 17.4. The van der Waals surface area contributed by atoms with Gasteiger partial charge in [-0.15, -0.1) is 0 Å². The smallest absolute Gasteiger partial charge is 0.135 e. The van der Waals surface area contributed by atoms with Crippen LogP contribution < -0.4 is 5.73 Å². The van der Waals surface area contributed by atoms with Crippen molar-refractivity contribution in [2.24, 2.45) is 10.7 Å². The summed E-state index contributed by atoms with van der Waals surface area (Å²) in [7, 11) is 0. The van der Waals surface area contributed by atoms with Gasteiger partial charge in [0.2, 0.25) is 0 Å². The molecule has 4 nitrogen and oxygen atoms in total. The van der Waals surface area contributed by atoms with Crippen LogP contribution in [0.25, 0.3) is 5.69 Å². The van der Waals surface area contributed by atoms with E-state index in [2.05, 4.69) is 4.98 Å². The van der Waals surface area contributed by atoms with E-state index < -0.39 is 0 Å². The Kier molecular flexibility index (Phi) is 4.11. The van der Waals surface area contributed by atoms with E-state index in [0.717, 1.165) is 22.8 Å². The first-order valence-corrected chi connectivity index (χ1v) is 8.42. The Labute approximate surface area is 149 Å². The van der Waals surface area contributed by atoms with E-state index in [1.807, 2.05) is 35.0 Å². The van der Waals surface area contributed by atoms with Gasteiger partial charge in [0.25, 0.3) is 0 Å². The van der Waals surface area contributed by atoms with Gasteiger partial charge in [-0.05, 0) is 30.8 Å². The van der Waals surface area contributed by atoms with Gasteiger partial charge < -0.3 is 5.73 Å². The second kappa shape index (κ2) is 6.43. The lowest BCUT2D eigenvalue weighted by molar-refractivity contribution is 0.627. The van der Waals surface area contributed by atoms with Crippen molar-refractivity contribution in [3.63, 3.8) is 0 Å². The largest absolute Gasteiger partial charge is 0.330 e. The zero-order valence-corrected chi connectivity index (χ0v) is 14.2. The topological polar surface area (TPSA) is 56.2 Å². The maximum atomic E-state index is 14.0. The van der Waals surface area contributed by atoms with Crippen LogP contribution in [0.15, 0.2) is 53.7 Å². The van der Waals surface area contributed by atoms with E-state index in [-0.39, 0.29) is 5.82 Å². The summed E-state index contributed by atoms with van der Waals surface area (Å²) in [6, 6.07) is 12.2. The van der Waals surface area contributed by atoms with E-state index >= 15 is 0 Å². The van der Waals surface area contributed by atoms with Crippen LogP contribution in [0.3, 0.4) is 0 Å². The fourth-order valence-electron chi connectivity index (χ4n) is 3.17. The molecule has 0 saturated carbocycles. The number of nitrogens with two attached hydrogens (primary N) is 1. The van der Waals surface area contributed by atoms with Crippen molar-refractivity contribution in [3.8, 4) is 5.69 Å². The van der Waals surface area contributed by atoms with Gasteiger partial charge in [0.1, 0.15) is 11.6 Å². The normalized spacial score (nSPS) is 13.0. The summed E-state index contributed by atoms with van der Waals surface area (Å²) < 4.78 is 16.1. The Morgan fingerprint density at radius 3 is 2.80 bits per heavy atom. The van der Waals surface area contributed by atoms with Gasteiger partial charge in [-0.25, -0.2) is 9.37 Å². The number of rotatable bonds is 3. The Hall–Kier alpha value is -2.50. The summed E-state index contributed by atoms with van der Waals surface area (Å²) in [6.07, 6.45) is 2.50. The van der Waals surface area contributed by atoms with Crippen molar-refractivity contribution in [3.05, 3.63) is 82.1 Å². The molecule has 3 aromatic rings. The van der Waals surface area contributed by atoms with Crippen LogP contribution in [0.2, 0.25) is 5.02 Å². The predicted octanol–water partition coefficient (Wildman–Crippen LogP) is 3.52. The van der Waals surface area contributed by atoms with Gasteiger partial charge in [0.15, 0.2) is 0 Å². The summed E-state index contributed by atoms with van der Waals surface area (Å²) in [4.78, 5) is 9.18. The highest BCUT2D eigenvalue weighted by Gasteiger charge is 2.23. The number of imidazole rings is 1. The summed E-state index contributed by atoms with van der Waals surface area (Å²) >= 11 is 6.37. The summed E-state index contributed by atoms with van der Waals surface area (Å²) in [6.45, 7) is 0.904. The third kappa shape index (κ3) is 2.75. The van der Waals surface area contributed by atoms with E-state index in [4.69, 9.17) is 22.3 Å². The molecule has 1 aromatic heterocycles. The minimum atomic E-state index is -0.317. The molecule has 0 atom stereocenters. The fourth-order valence-corrected chi connectivity index (χ4v) is 3.40. The average Bonchev–Trinajstić information content (AvgIpc) is 2.92. The number of benzene rings is 2. The molecule has 0 aliphatic carbocycles. The van der Waals surface area contributed by atoms with Gasteiger partial charge in [-0.2, -0.15) is 0 Å². The molecule has 126 valence electrons. The van der Waals surface area contributed by atoms with Crippen molar-refractivity contribution in [2.75, 3.05) is 6.54 Å². The van der Waals surface area contributed by atoms with Gasteiger partial charge in [0.05, 0.1) is 17.9 Å². The van der Waals surface area contributed by atoms with Crippen LogP contribution in [0, 0.1) is 5.82 Å². The van der Waals surface area contributed by atoms with Gasteiger partial charge in [-0.3, -0.25) is 9.56 Å². The van der Waals surface area contributed by atoms with Gasteiger partial charge in [-0.1, -0.05) is 29.8 Å². The molecule has 6 heteroatoms. The van der Waals surface area contributed by atoms with Gasteiger partial charge in [0, 0.05) is 34.5 Å². The number of hydrogen-bond donors (Lipinski definition) is 1. The molecule has 2 heterocycles.